The molecule has 2 aromatic carbocycles. The summed E-state index contributed by atoms with van der Waals surface area (Å²) < 4.78 is 0. The third-order valence-electron chi connectivity index (χ3n) is 5.66. The van der Waals surface area contributed by atoms with Crippen LogP contribution in [0.3, 0.4) is 0 Å². The van der Waals surface area contributed by atoms with Gasteiger partial charge in [-0.15, -0.1) is 11.3 Å². The van der Waals surface area contributed by atoms with Gasteiger partial charge in [0.25, 0.3) is 0 Å². The van der Waals surface area contributed by atoms with Crippen LogP contribution in [-0.4, -0.2) is 13.1 Å². The number of hydrogen-bond donors (Lipinski definition) is 0. The number of hydrogen-bond acceptors (Lipinski definition) is 3. The number of anilines is 1. The Morgan fingerprint density at radius 1 is 0.962 bits per heavy atom. The van der Waals surface area contributed by atoms with E-state index in [9.17, 15) is 5.26 Å². The molecule has 3 aromatic rings. The molecular weight excluding hydrogens is 336 g/mol. The summed E-state index contributed by atoms with van der Waals surface area (Å²) in [5.74, 6) is 0. The van der Waals surface area contributed by atoms with Crippen molar-refractivity contribution in [1.29, 1.82) is 5.26 Å². The SMILES string of the molecule is N#Cc1c(N2CCCCC2)cc(-c2cccs2)c2c1Cc1ccccc1-2. The van der Waals surface area contributed by atoms with Gasteiger partial charge in [0.1, 0.15) is 6.07 Å². The first-order chi connectivity index (χ1) is 12.9. The van der Waals surface area contributed by atoms with E-state index >= 15 is 0 Å². The molecule has 0 amide bonds. The number of benzene rings is 2. The average Bonchev–Trinajstić information content (AvgIpc) is 3.35. The second-order valence-electron chi connectivity index (χ2n) is 7.14. The molecule has 128 valence electrons. The fourth-order valence-corrected chi connectivity index (χ4v) is 5.20. The van der Waals surface area contributed by atoms with Crippen molar-refractivity contribution in [2.75, 3.05) is 18.0 Å². The van der Waals surface area contributed by atoms with Crippen molar-refractivity contribution in [3.63, 3.8) is 0 Å². The van der Waals surface area contributed by atoms with Gasteiger partial charge in [-0.1, -0.05) is 30.3 Å². The zero-order valence-corrected chi connectivity index (χ0v) is 15.5. The van der Waals surface area contributed by atoms with E-state index in [-0.39, 0.29) is 0 Å². The van der Waals surface area contributed by atoms with Crippen LogP contribution >= 0.6 is 11.3 Å². The summed E-state index contributed by atoms with van der Waals surface area (Å²) in [6, 6.07) is 17.8. The molecular formula is C23H20N2S. The third kappa shape index (κ3) is 2.37. The van der Waals surface area contributed by atoms with Crippen LogP contribution in [0.15, 0.2) is 47.8 Å². The van der Waals surface area contributed by atoms with Crippen LogP contribution < -0.4 is 4.90 Å². The lowest BCUT2D eigenvalue weighted by molar-refractivity contribution is 0.577. The van der Waals surface area contributed by atoms with E-state index < -0.39 is 0 Å². The maximum Gasteiger partial charge on any atom is 0.102 e. The average molecular weight is 356 g/mol. The predicted molar refractivity (Wildman–Crippen MR) is 109 cm³/mol. The third-order valence-corrected chi connectivity index (χ3v) is 6.56. The van der Waals surface area contributed by atoms with Crippen LogP contribution in [0, 0.1) is 11.3 Å². The van der Waals surface area contributed by atoms with Gasteiger partial charge in [-0.2, -0.15) is 5.26 Å². The summed E-state index contributed by atoms with van der Waals surface area (Å²) >= 11 is 1.78. The van der Waals surface area contributed by atoms with Crippen molar-refractivity contribution in [3.05, 3.63) is 64.5 Å². The Morgan fingerprint density at radius 2 is 1.81 bits per heavy atom. The first-order valence-corrected chi connectivity index (χ1v) is 10.2. The molecule has 0 unspecified atom stereocenters. The number of nitriles is 1. The molecule has 3 heteroatoms. The van der Waals surface area contributed by atoms with Crippen molar-refractivity contribution >= 4 is 17.0 Å². The van der Waals surface area contributed by atoms with Crippen molar-refractivity contribution < 1.29 is 0 Å². The number of nitrogens with zero attached hydrogens (tertiary/aromatic N) is 2. The molecule has 1 saturated heterocycles. The highest BCUT2D eigenvalue weighted by atomic mass is 32.1. The molecule has 1 aliphatic carbocycles. The molecule has 2 nitrogen and oxygen atoms in total. The van der Waals surface area contributed by atoms with Crippen molar-refractivity contribution in [2.45, 2.75) is 25.7 Å². The molecule has 1 fully saturated rings. The maximum absolute atomic E-state index is 10.0. The topological polar surface area (TPSA) is 27.0 Å². The van der Waals surface area contributed by atoms with Gasteiger partial charge in [0, 0.05) is 30.0 Å². The Hall–Kier alpha value is -2.57. The molecule has 0 bridgehead atoms. The molecule has 2 heterocycles. The first kappa shape index (κ1) is 15.7. The highest BCUT2D eigenvalue weighted by Gasteiger charge is 2.29. The standard InChI is InChI=1S/C23H20N2S/c24-15-20-18-13-16-7-2-3-8-17(16)23(18)19(22-9-6-12-26-22)14-21(20)25-10-4-1-5-11-25/h2-3,6-9,12,14H,1,4-5,10-11,13H2. The molecule has 0 atom stereocenters. The molecule has 5 rings (SSSR count). The van der Waals surface area contributed by atoms with Crippen LogP contribution in [0.5, 0.6) is 0 Å². The molecule has 0 N–H and O–H groups in total. The largest absolute Gasteiger partial charge is 0.370 e. The fourth-order valence-electron chi connectivity index (χ4n) is 4.45. The fraction of sp³-hybridized carbons (Fsp3) is 0.261. The monoisotopic (exact) mass is 356 g/mol. The van der Waals surface area contributed by atoms with Crippen molar-refractivity contribution in [2.24, 2.45) is 0 Å². The molecule has 1 aromatic heterocycles. The number of thiophene rings is 1. The van der Waals surface area contributed by atoms with Gasteiger partial charge in [-0.25, -0.2) is 0 Å². The van der Waals surface area contributed by atoms with Gasteiger partial charge in [-0.05, 0) is 59.0 Å². The minimum absolute atomic E-state index is 0.869. The molecule has 0 spiro atoms. The minimum atomic E-state index is 0.869. The lowest BCUT2D eigenvalue weighted by Crippen LogP contribution is -2.30. The highest BCUT2D eigenvalue weighted by Crippen LogP contribution is 2.48. The summed E-state index contributed by atoms with van der Waals surface area (Å²) in [4.78, 5) is 3.73. The van der Waals surface area contributed by atoms with E-state index in [1.54, 1.807) is 11.3 Å². The summed E-state index contributed by atoms with van der Waals surface area (Å²) in [5.41, 5.74) is 8.46. The van der Waals surface area contributed by atoms with Crippen molar-refractivity contribution in [1.82, 2.24) is 0 Å². The molecule has 26 heavy (non-hydrogen) atoms. The Balaban J connectivity index is 1.79. The van der Waals surface area contributed by atoms with Crippen LogP contribution in [0.4, 0.5) is 5.69 Å². The van der Waals surface area contributed by atoms with Gasteiger partial charge in [0.2, 0.25) is 0 Å². The number of fused-ring (bicyclic) bond motifs is 3. The van der Waals surface area contributed by atoms with E-state index in [0.717, 1.165) is 30.8 Å². The Labute approximate surface area is 158 Å². The van der Waals surface area contributed by atoms with Gasteiger partial charge in [0.05, 0.1) is 11.3 Å². The van der Waals surface area contributed by atoms with Crippen LogP contribution in [0.25, 0.3) is 21.6 Å². The van der Waals surface area contributed by atoms with E-state index in [1.165, 1.54) is 52.0 Å². The Bertz CT molecular complexity index is 1010. The van der Waals surface area contributed by atoms with E-state index in [0.29, 0.717) is 0 Å². The van der Waals surface area contributed by atoms with E-state index in [4.69, 9.17) is 0 Å². The van der Waals surface area contributed by atoms with Gasteiger partial charge >= 0.3 is 0 Å². The molecule has 0 radical (unpaired) electrons. The predicted octanol–water partition coefficient (Wildman–Crippen LogP) is 5.85. The van der Waals surface area contributed by atoms with E-state index in [1.807, 2.05) is 0 Å². The van der Waals surface area contributed by atoms with Gasteiger partial charge < -0.3 is 4.90 Å². The molecule has 2 aliphatic rings. The number of rotatable bonds is 2. The molecule has 0 saturated carbocycles. The molecule has 1 aliphatic heterocycles. The van der Waals surface area contributed by atoms with Crippen LogP contribution in [0.1, 0.15) is 36.0 Å². The van der Waals surface area contributed by atoms with Gasteiger partial charge in [0.15, 0.2) is 0 Å². The summed E-state index contributed by atoms with van der Waals surface area (Å²) in [6.45, 7) is 2.12. The maximum atomic E-state index is 10.0. The normalized spacial score (nSPS) is 15.4. The van der Waals surface area contributed by atoms with Gasteiger partial charge in [-0.3, -0.25) is 0 Å². The smallest absolute Gasteiger partial charge is 0.102 e. The Kier molecular flexibility index (Phi) is 3.80. The number of piperidine rings is 1. The Morgan fingerprint density at radius 3 is 2.58 bits per heavy atom. The lowest BCUT2D eigenvalue weighted by Gasteiger charge is -2.31. The quantitative estimate of drug-likeness (QED) is 0.450. The highest BCUT2D eigenvalue weighted by molar-refractivity contribution is 7.13. The van der Waals surface area contributed by atoms with Crippen LogP contribution in [-0.2, 0) is 6.42 Å². The summed E-state index contributed by atoms with van der Waals surface area (Å²) in [6.07, 6.45) is 4.61. The summed E-state index contributed by atoms with van der Waals surface area (Å²) in [7, 11) is 0. The lowest BCUT2D eigenvalue weighted by atomic mass is 9.92. The minimum Gasteiger partial charge on any atom is -0.370 e. The van der Waals surface area contributed by atoms with E-state index in [2.05, 4.69) is 58.8 Å². The second kappa shape index (κ2) is 6.30. The summed E-state index contributed by atoms with van der Waals surface area (Å²) in [5, 5.41) is 12.2. The zero-order chi connectivity index (χ0) is 17.5. The van der Waals surface area contributed by atoms with Crippen molar-refractivity contribution in [3.8, 4) is 27.6 Å². The zero-order valence-electron chi connectivity index (χ0n) is 14.7. The van der Waals surface area contributed by atoms with Crippen LogP contribution in [0.2, 0.25) is 0 Å². The first-order valence-electron chi connectivity index (χ1n) is 9.34. The second-order valence-corrected chi connectivity index (χ2v) is 8.09.